The number of hydrogen-bond donors (Lipinski definition) is 3. The van der Waals surface area contributed by atoms with Crippen LogP contribution in [0, 0.1) is 0 Å². The highest BCUT2D eigenvalue weighted by molar-refractivity contribution is 6.10. The van der Waals surface area contributed by atoms with Crippen molar-refractivity contribution in [3.05, 3.63) is 71.0 Å². The molecule has 3 N–H and O–H groups in total. The summed E-state index contributed by atoms with van der Waals surface area (Å²) in [6.07, 6.45) is 1.55. The Kier molecular flexibility index (Phi) is 5.98. The third kappa shape index (κ3) is 4.29. The fourth-order valence-corrected chi connectivity index (χ4v) is 4.72. The fourth-order valence-electron chi connectivity index (χ4n) is 4.72. The van der Waals surface area contributed by atoms with Crippen LogP contribution < -0.4 is 10.1 Å². The number of para-hydroxylation sites is 1. The van der Waals surface area contributed by atoms with Crippen molar-refractivity contribution in [1.29, 1.82) is 0 Å². The van der Waals surface area contributed by atoms with E-state index < -0.39 is 0 Å². The van der Waals surface area contributed by atoms with Gasteiger partial charge in [-0.1, -0.05) is 30.3 Å². The lowest BCUT2D eigenvalue weighted by Crippen LogP contribution is -2.41. The van der Waals surface area contributed by atoms with E-state index in [1.165, 1.54) is 21.9 Å². The van der Waals surface area contributed by atoms with Crippen LogP contribution in [0.1, 0.15) is 22.5 Å². The van der Waals surface area contributed by atoms with Gasteiger partial charge in [-0.15, -0.1) is 0 Å². The first-order chi connectivity index (χ1) is 16.2. The molecule has 5 rings (SSSR count). The molecule has 0 saturated carbocycles. The predicted molar refractivity (Wildman–Crippen MR) is 128 cm³/mol. The van der Waals surface area contributed by atoms with Gasteiger partial charge in [-0.2, -0.15) is 0 Å². The maximum Gasteiger partial charge on any atom is 0.234 e. The highest BCUT2D eigenvalue weighted by atomic mass is 16.5. The average Bonchev–Trinajstić information content (AvgIpc) is 3.23. The van der Waals surface area contributed by atoms with E-state index in [4.69, 9.17) is 14.8 Å². The molecule has 0 bridgehead atoms. The first kappa shape index (κ1) is 21.4. The van der Waals surface area contributed by atoms with Crippen molar-refractivity contribution in [2.45, 2.75) is 19.4 Å². The van der Waals surface area contributed by atoms with Gasteiger partial charge >= 0.3 is 0 Å². The minimum atomic E-state index is -0.0703. The van der Waals surface area contributed by atoms with Crippen LogP contribution >= 0.6 is 0 Å². The summed E-state index contributed by atoms with van der Waals surface area (Å²) in [6.45, 7) is 1.97. The Bertz CT molecular complexity index is 1300. The zero-order valence-corrected chi connectivity index (χ0v) is 18.7. The Morgan fingerprint density at radius 2 is 2.03 bits per heavy atom. The molecule has 2 aromatic carbocycles. The average molecular weight is 445 g/mol. The van der Waals surface area contributed by atoms with E-state index in [1.54, 1.807) is 7.11 Å². The van der Waals surface area contributed by atoms with Gasteiger partial charge in [0.1, 0.15) is 5.75 Å². The summed E-state index contributed by atoms with van der Waals surface area (Å²) >= 11 is 0. The second-order valence-corrected chi connectivity index (χ2v) is 8.46. The molecule has 1 amide bonds. The number of aliphatic hydroxyl groups is 1. The summed E-state index contributed by atoms with van der Waals surface area (Å²) in [7, 11) is 1.67. The quantitative estimate of drug-likeness (QED) is 0.408. The standard InChI is InChI=1S/C26H28N4O3/c1-33-18-8-6-17(7-9-18)14-22-26-25(19-4-2-3-5-21(19)29-26)20-10-12-30(15-23(20)28-22)16-24(32)27-11-13-31/h2-9,29,31H,10-16H2,1H3,(H,27,32). The molecular weight excluding hydrogens is 416 g/mol. The number of carbonyl (C=O) groups is 1. The number of amides is 1. The number of nitrogens with one attached hydrogen (secondary N) is 2. The third-order valence-electron chi connectivity index (χ3n) is 6.30. The molecule has 7 nitrogen and oxygen atoms in total. The number of benzene rings is 2. The van der Waals surface area contributed by atoms with E-state index in [2.05, 4.69) is 45.5 Å². The second-order valence-electron chi connectivity index (χ2n) is 8.46. The molecule has 1 aliphatic rings. The maximum atomic E-state index is 12.2. The number of fused-ring (bicyclic) bond motifs is 5. The number of aromatic amines is 1. The van der Waals surface area contributed by atoms with Crippen LogP contribution in [0.25, 0.3) is 21.8 Å². The molecule has 0 fully saturated rings. The lowest BCUT2D eigenvalue weighted by atomic mass is 9.96. The summed E-state index contributed by atoms with van der Waals surface area (Å²) in [5, 5.41) is 14.2. The first-order valence-corrected chi connectivity index (χ1v) is 11.3. The van der Waals surface area contributed by atoms with Gasteiger partial charge in [-0.25, -0.2) is 0 Å². The Morgan fingerprint density at radius 3 is 2.82 bits per heavy atom. The molecular formula is C26H28N4O3. The number of hydrogen-bond acceptors (Lipinski definition) is 5. The summed E-state index contributed by atoms with van der Waals surface area (Å²) in [5.41, 5.74) is 6.70. The Morgan fingerprint density at radius 1 is 1.21 bits per heavy atom. The molecule has 170 valence electrons. The van der Waals surface area contributed by atoms with Crippen LogP contribution in [0.2, 0.25) is 0 Å². The number of aromatic nitrogens is 2. The molecule has 7 heteroatoms. The Labute approximate surface area is 192 Å². The fraction of sp³-hybridized carbons (Fsp3) is 0.308. The van der Waals surface area contributed by atoms with E-state index in [-0.39, 0.29) is 19.1 Å². The van der Waals surface area contributed by atoms with E-state index in [0.29, 0.717) is 19.5 Å². The molecule has 0 radical (unpaired) electrons. The molecule has 0 aliphatic carbocycles. The van der Waals surface area contributed by atoms with Crippen LogP contribution in [0.15, 0.2) is 48.5 Å². The molecule has 3 heterocycles. The SMILES string of the molecule is COc1ccc(Cc2nc3c(c4c2[nH]c2ccccc24)CCN(CC(=O)NCCO)C3)cc1. The zero-order valence-electron chi connectivity index (χ0n) is 18.7. The number of H-pyrrole nitrogens is 1. The van der Waals surface area contributed by atoms with Crippen molar-refractivity contribution in [3.8, 4) is 5.75 Å². The van der Waals surface area contributed by atoms with Gasteiger partial charge in [0.25, 0.3) is 0 Å². The number of carbonyl (C=O) groups excluding carboxylic acids is 1. The number of nitrogens with zero attached hydrogens (tertiary/aromatic N) is 2. The van der Waals surface area contributed by atoms with Crippen molar-refractivity contribution < 1.29 is 14.6 Å². The number of aliphatic hydroxyl groups excluding tert-OH is 1. The summed E-state index contributed by atoms with van der Waals surface area (Å²) < 4.78 is 5.30. The van der Waals surface area contributed by atoms with Gasteiger partial charge in [0.2, 0.25) is 5.91 Å². The molecule has 0 atom stereocenters. The van der Waals surface area contributed by atoms with Gasteiger partial charge < -0.3 is 20.1 Å². The third-order valence-corrected chi connectivity index (χ3v) is 6.30. The minimum absolute atomic E-state index is 0.0522. The zero-order chi connectivity index (χ0) is 22.8. The van der Waals surface area contributed by atoms with Gasteiger partial charge in [0.15, 0.2) is 0 Å². The van der Waals surface area contributed by atoms with Crippen molar-refractivity contribution in [3.63, 3.8) is 0 Å². The molecule has 33 heavy (non-hydrogen) atoms. The molecule has 2 aromatic heterocycles. The first-order valence-electron chi connectivity index (χ1n) is 11.3. The highest BCUT2D eigenvalue weighted by Crippen LogP contribution is 2.35. The number of pyridine rings is 1. The maximum absolute atomic E-state index is 12.2. The van der Waals surface area contributed by atoms with Crippen LogP contribution in [0.3, 0.4) is 0 Å². The highest BCUT2D eigenvalue weighted by Gasteiger charge is 2.25. The molecule has 0 saturated heterocycles. The number of methoxy groups -OCH3 is 1. The lowest BCUT2D eigenvalue weighted by Gasteiger charge is -2.28. The van der Waals surface area contributed by atoms with E-state index in [9.17, 15) is 4.79 Å². The van der Waals surface area contributed by atoms with Crippen molar-refractivity contribution in [2.24, 2.45) is 0 Å². The predicted octanol–water partition coefficient (Wildman–Crippen LogP) is 2.78. The second kappa shape index (κ2) is 9.21. The van der Waals surface area contributed by atoms with E-state index in [0.717, 1.165) is 41.1 Å². The van der Waals surface area contributed by atoms with Crippen molar-refractivity contribution in [2.75, 3.05) is 33.4 Å². The van der Waals surface area contributed by atoms with Crippen molar-refractivity contribution in [1.82, 2.24) is 20.2 Å². The van der Waals surface area contributed by atoms with Crippen molar-refractivity contribution >= 4 is 27.7 Å². The largest absolute Gasteiger partial charge is 0.497 e. The van der Waals surface area contributed by atoms with E-state index >= 15 is 0 Å². The van der Waals surface area contributed by atoms with Crippen LogP contribution in [-0.2, 0) is 24.2 Å². The van der Waals surface area contributed by atoms with Crippen LogP contribution in [-0.4, -0.2) is 59.2 Å². The normalized spacial score (nSPS) is 13.9. The molecule has 4 aromatic rings. The van der Waals surface area contributed by atoms with Gasteiger partial charge in [-0.3, -0.25) is 14.7 Å². The van der Waals surface area contributed by atoms with E-state index in [1.807, 2.05) is 18.2 Å². The molecule has 0 spiro atoms. The summed E-state index contributed by atoms with van der Waals surface area (Å²) in [6, 6.07) is 16.5. The van der Waals surface area contributed by atoms with Gasteiger partial charge in [0, 0.05) is 42.3 Å². The van der Waals surface area contributed by atoms with Gasteiger partial charge in [0.05, 0.1) is 37.2 Å². The minimum Gasteiger partial charge on any atom is -0.497 e. The molecule has 0 unspecified atom stereocenters. The lowest BCUT2D eigenvalue weighted by molar-refractivity contribution is -0.122. The number of ether oxygens (including phenoxy) is 1. The van der Waals surface area contributed by atoms with Gasteiger partial charge in [-0.05, 0) is 35.7 Å². The topological polar surface area (TPSA) is 90.5 Å². The summed E-state index contributed by atoms with van der Waals surface area (Å²) in [5.74, 6) is 0.766. The smallest absolute Gasteiger partial charge is 0.234 e. The monoisotopic (exact) mass is 444 g/mol. The van der Waals surface area contributed by atoms with Crippen LogP contribution in [0.5, 0.6) is 5.75 Å². The summed E-state index contributed by atoms with van der Waals surface area (Å²) in [4.78, 5) is 23.0. The van der Waals surface area contributed by atoms with Crippen LogP contribution in [0.4, 0.5) is 0 Å². The number of rotatable bonds is 7. The Balaban J connectivity index is 1.53. The molecule has 1 aliphatic heterocycles. The Hall–Kier alpha value is -3.42.